The highest BCUT2D eigenvalue weighted by Gasteiger charge is 2.13. The number of fused-ring (bicyclic) bond motifs is 1. The monoisotopic (exact) mass is 419 g/mol. The smallest absolute Gasteiger partial charge is 0.274 e. The Morgan fingerprint density at radius 1 is 1.32 bits per heavy atom. The lowest BCUT2D eigenvalue weighted by atomic mass is 10.2. The maximum absolute atomic E-state index is 12.2. The summed E-state index contributed by atoms with van der Waals surface area (Å²) >= 11 is 8.09. The highest BCUT2D eigenvalue weighted by Crippen LogP contribution is 2.30. The van der Waals surface area contributed by atoms with Crippen molar-refractivity contribution in [2.75, 3.05) is 21.1 Å². The van der Waals surface area contributed by atoms with Crippen molar-refractivity contribution in [2.45, 2.75) is 13.2 Å². The van der Waals surface area contributed by atoms with Gasteiger partial charge in [-0.05, 0) is 38.4 Å². The van der Waals surface area contributed by atoms with Crippen molar-refractivity contribution in [3.63, 3.8) is 0 Å². The van der Waals surface area contributed by atoms with Crippen LogP contribution >= 0.6 is 22.9 Å². The molecule has 3 rings (SSSR count). The fraction of sp³-hybridized carbons (Fsp3) is 0.263. The van der Waals surface area contributed by atoms with E-state index in [4.69, 9.17) is 22.1 Å². The Balaban J connectivity index is 1.74. The quantitative estimate of drug-likeness (QED) is 0.422. The Kier molecular flexibility index (Phi) is 6.23. The van der Waals surface area contributed by atoms with Crippen LogP contribution in [0.1, 0.15) is 20.2 Å². The Bertz CT molecular complexity index is 1020. The van der Waals surface area contributed by atoms with Gasteiger partial charge in [0, 0.05) is 34.8 Å². The lowest BCUT2D eigenvalue weighted by molar-refractivity contribution is 0.0972. The molecular weight excluding hydrogens is 398 g/mol. The second kappa shape index (κ2) is 8.64. The zero-order valence-electron chi connectivity index (χ0n) is 15.9. The Labute approximate surface area is 172 Å². The maximum Gasteiger partial charge on any atom is 0.274 e. The average molecular weight is 420 g/mol. The predicted octanol–water partition coefficient (Wildman–Crippen LogP) is 3.20. The number of carbonyl (C=O) groups excluding carboxylic acids is 1. The molecule has 0 aliphatic heterocycles. The van der Waals surface area contributed by atoms with Crippen molar-refractivity contribution < 1.29 is 9.53 Å². The number of nitrogens with one attached hydrogen (secondary N) is 2. The van der Waals surface area contributed by atoms with Crippen LogP contribution < -0.4 is 15.8 Å². The van der Waals surface area contributed by atoms with Crippen molar-refractivity contribution in [2.24, 2.45) is 10.7 Å². The van der Waals surface area contributed by atoms with Gasteiger partial charge in [0.15, 0.2) is 5.96 Å². The van der Waals surface area contributed by atoms with Crippen LogP contribution in [0, 0.1) is 0 Å². The van der Waals surface area contributed by atoms with E-state index in [9.17, 15) is 4.79 Å². The summed E-state index contributed by atoms with van der Waals surface area (Å²) < 4.78 is 5.90. The summed E-state index contributed by atoms with van der Waals surface area (Å²) in [7, 11) is 5.58. The number of nitrogens with zero attached hydrogens (tertiary/aromatic N) is 2. The third kappa shape index (κ3) is 4.83. The minimum Gasteiger partial charge on any atom is -0.488 e. The highest BCUT2D eigenvalue weighted by atomic mass is 35.5. The lowest BCUT2D eigenvalue weighted by Gasteiger charge is -2.07. The minimum absolute atomic E-state index is 0.0448. The zero-order valence-corrected chi connectivity index (χ0v) is 17.4. The molecule has 0 radical (unpaired) electrons. The molecule has 2 heterocycles. The van der Waals surface area contributed by atoms with Gasteiger partial charge in [-0.15, -0.1) is 11.3 Å². The topological polar surface area (TPSA) is 95.7 Å². The number of ether oxygens (including phenoxy) is 1. The highest BCUT2D eigenvalue weighted by molar-refractivity contribution is 7.11. The van der Waals surface area contributed by atoms with Gasteiger partial charge in [0.25, 0.3) is 5.91 Å². The van der Waals surface area contributed by atoms with Gasteiger partial charge >= 0.3 is 0 Å². The molecule has 7 nitrogen and oxygen atoms in total. The number of nitrogens with two attached hydrogens (primary N) is 1. The molecule has 0 saturated carbocycles. The number of aromatic amines is 1. The first kappa shape index (κ1) is 20.2. The second-order valence-corrected chi connectivity index (χ2v) is 8.17. The van der Waals surface area contributed by atoms with Gasteiger partial charge in [0.1, 0.15) is 18.1 Å². The van der Waals surface area contributed by atoms with E-state index in [2.05, 4.69) is 32.3 Å². The molecule has 0 unspecified atom stereocenters. The number of hydrogen-bond donors (Lipinski definition) is 3. The van der Waals surface area contributed by atoms with Gasteiger partial charge in [0.2, 0.25) is 0 Å². The molecule has 0 atom stereocenters. The first-order chi connectivity index (χ1) is 13.4. The van der Waals surface area contributed by atoms with Crippen LogP contribution in [0.4, 0.5) is 0 Å². The largest absolute Gasteiger partial charge is 0.488 e. The number of H-pyrrole nitrogens is 1. The van der Waals surface area contributed by atoms with Crippen LogP contribution in [0.25, 0.3) is 10.9 Å². The molecule has 148 valence electrons. The molecule has 0 spiro atoms. The third-order valence-electron chi connectivity index (χ3n) is 3.96. The number of halogens is 1. The minimum atomic E-state index is -0.384. The number of carbonyl (C=O) groups is 1. The van der Waals surface area contributed by atoms with E-state index in [-0.39, 0.29) is 11.9 Å². The molecule has 1 amide bonds. The predicted molar refractivity (Wildman–Crippen MR) is 114 cm³/mol. The van der Waals surface area contributed by atoms with Gasteiger partial charge in [-0.3, -0.25) is 15.1 Å². The maximum atomic E-state index is 12.2. The number of hydrogen-bond acceptors (Lipinski definition) is 5. The molecule has 0 bridgehead atoms. The summed E-state index contributed by atoms with van der Waals surface area (Å²) in [4.78, 5) is 23.5. The Morgan fingerprint density at radius 2 is 2.07 bits per heavy atom. The SMILES string of the molecule is CN=C(N)NC(=O)c1cc2c(Cl)cc(OCc3ccc(CN(C)C)s3)cc2[nH]1. The molecule has 0 aliphatic rings. The van der Waals surface area contributed by atoms with Gasteiger partial charge in [-0.2, -0.15) is 0 Å². The van der Waals surface area contributed by atoms with E-state index in [1.54, 1.807) is 23.5 Å². The van der Waals surface area contributed by atoms with Crippen LogP contribution in [0.5, 0.6) is 5.75 Å². The molecular formula is C19H22ClN5O2S. The van der Waals surface area contributed by atoms with Crippen molar-refractivity contribution >= 4 is 45.7 Å². The fourth-order valence-electron chi connectivity index (χ4n) is 2.66. The van der Waals surface area contributed by atoms with Crippen molar-refractivity contribution in [3.05, 3.63) is 50.8 Å². The van der Waals surface area contributed by atoms with Crippen LogP contribution in [-0.4, -0.2) is 42.9 Å². The first-order valence-electron chi connectivity index (χ1n) is 8.56. The van der Waals surface area contributed by atoms with E-state index in [0.717, 1.165) is 16.8 Å². The molecule has 4 N–H and O–H groups in total. The average Bonchev–Trinajstić information content (AvgIpc) is 3.26. The summed E-state index contributed by atoms with van der Waals surface area (Å²) in [6.45, 7) is 1.36. The van der Waals surface area contributed by atoms with E-state index < -0.39 is 0 Å². The molecule has 3 aromatic rings. The second-order valence-electron chi connectivity index (χ2n) is 6.51. The number of aromatic nitrogens is 1. The van der Waals surface area contributed by atoms with Crippen LogP contribution in [0.15, 0.2) is 35.3 Å². The number of benzene rings is 1. The molecule has 0 fully saturated rings. The standard InChI is InChI=1S/C19H22ClN5O2S/c1-22-19(21)24-18(26)17-8-14-15(20)6-11(7-16(14)23-17)27-10-13-5-4-12(28-13)9-25(2)3/h4-8,23H,9-10H2,1-3H3,(H3,21,22,24,26). The van der Waals surface area contributed by atoms with Gasteiger partial charge in [-0.25, -0.2) is 0 Å². The van der Waals surface area contributed by atoms with Crippen molar-refractivity contribution in [1.82, 2.24) is 15.2 Å². The number of thiophene rings is 1. The third-order valence-corrected chi connectivity index (χ3v) is 5.31. The Hall–Kier alpha value is -2.55. The van der Waals surface area contributed by atoms with E-state index >= 15 is 0 Å². The van der Waals surface area contributed by atoms with Gasteiger partial charge in [-0.1, -0.05) is 11.6 Å². The molecule has 9 heteroatoms. The molecule has 28 heavy (non-hydrogen) atoms. The molecule has 2 aromatic heterocycles. The molecule has 0 aliphatic carbocycles. The van der Waals surface area contributed by atoms with Crippen LogP contribution in [0.2, 0.25) is 5.02 Å². The number of guanidine groups is 1. The lowest BCUT2D eigenvalue weighted by Crippen LogP contribution is -2.36. The zero-order chi connectivity index (χ0) is 20.3. The summed E-state index contributed by atoms with van der Waals surface area (Å²) in [6, 6.07) is 9.42. The molecule has 1 aromatic carbocycles. The van der Waals surface area contributed by atoms with E-state index in [1.165, 1.54) is 11.9 Å². The van der Waals surface area contributed by atoms with E-state index in [1.807, 2.05) is 20.2 Å². The number of aliphatic imine (C=N–C) groups is 1. The van der Waals surface area contributed by atoms with Crippen molar-refractivity contribution in [1.29, 1.82) is 0 Å². The Morgan fingerprint density at radius 3 is 2.79 bits per heavy atom. The van der Waals surface area contributed by atoms with Gasteiger partial charge in [0.05, 0.1) is 10.5 Å². The summed E-state index contributed by atoms with van der Waals surface area (Å²) in [5.41, 5.74) is 6.59. The number of rotatable bonds is 6. The number of amides is 1. The van der Waals surface area contributed by atoms with Crippen molar-refractivity contribution in [3.8, 4) is 5.75 Å². The van der Waals surface area contributed by atoms with E-state index in [0.29, 0.717) is 28.6 Å². The normalized spacial score (nSPS) is 12.0. The molecule has 0 saturated heterocycles. The fourth-order valence-corrected chi connectivity index (χ4v) is 3.98. The van der Waals surface area contributed by atoms with Crippen LogP contribution in [-0.2, 0) is 13.2 Å². The summed E-state index contributed by atoms with van der Waals surface area (Å²) in [6.07, 6.45) is 0. The summed E-state index contributed by atoms with van der Waals surface area (Å²) in [5, 5.41) is 3.72. The van der Waals surface area contributed by atoms with Gasteiger partial charge < -0.3 is 20.4 Å². The van der Waals surface area contributed by atoms with Crippen LogP contribution in [0.3, 0.4) is 0 Å². The first-order valence-corrected chi connectivity index (χ1v) is 9.76. The summed E-state index contributed by atoms with van der Waals surface area (Å²) in [5.74, 6) is 0.289.